The molecule has 0 spiro atoms. The first-order valence-corrected chi connectivity index (χ1v) is 9.69. The van der Waals surface area contributed by atoms with Crippen LogP contribution in [0.25, 0.3) is 0 Å². The van der Waals surface area contributed by atoms with Crippen molar-refractivity contribution in [3.63, 3.8) is 0 Å². The highest BCUT2D eigenvalue weighted by Crippen LogP contribution is 2.48. The Labute approximate surface area is 171 Å². The highest BCUT2D eigenvalue weighted by molar-refractivity contribution is 5.92. The van der Waals surface area contributed by atoms with E-state index in [2.05, 4.69) is 11.8 Å². The van der Waals surface area contributed by atoms with E-state index < -0.39 is 11.6 Å². The van der Waals surface area contributed by atoms with Crippen LogP contribution < -0.4 is 0 Å². The number of rotatable bonds is 5. The summed E-state index contributed by atoms with van der Waals surface area (Å²) in [5, 5.41) is 0. The molecule has 1 saturated heterocycles. The molecule has 0 radical (unpaired) electrons. The van der Waals surface area contributed by atoms with Crippen LogP contribution in [0.1, 0.15) is 23.6 Å². The number of benzene rings is 3. The lowest BCUT2D eigenvalue weighted by Gasteiger charge is -2.53. The zero-order valence-corrected chi connectivity index (χ0v) is 16.3. The number of β-lactam (4-membered cyclic amide) rings is 1. The number of hydrogen-bond acceptors (Lipinski definition) is 2. The quantitative estimate of drug-likeness (QED) is 0.362. The lowest BCUT2D eigenvalue weighted by molar-refractivity contribution is -0.167. The average molecular weight is 378 g/mol. The number of carbonyl (C=O) groups is 1. The Kier molecular flexibility index (Phi) is 5.27. The van der Waals surface area contributed by atoms with Crippen LogP contribution in [-0.2, 0) is 17.0 Å². The first-order valence-electron chi connectivity index (χ1n) is 9.69. The van der Waals surface area contributed by atoms with E-state index in [1.54, 1.807) is 6.92 Å². The van der Waals surface area contributed by atoms with Crippen molar-refractivity contribution in [3.05, 3.63) is 108 Å². The van der Waals surface area contributed by atoms with Gasteiger partial charge in [0.2, 0.25) is 5.91 Å². The van der Waals surface area contributed by atoms with Crippen LogP contribution in [0.2, 0.25) is 0 Å². The number of amides is 1. The van der Waals surface area contributed by atoms with E-state index in [1.165, 1.54) is 0 Å². The first kappa shape index (κ1) is 18.7. The molecule has 3 heteroatoms. The van der Waals surface area contributed by atoms with Crippen LogP contribution in [0, 0.1) is 17.8 Å². The average Bonchev–Trinajstić information content (AvgIpc) is 2.79. The predicted octanol–water partition coefficient (Wildman–Crippen LogP) is 4.64. The first-order chi connectivity index (χ1) is 14.3. The van der Waals surface area contributed by atoms with Crippen molar-refractivity contribution in [1.29, 1.82) is 0 Å². The van der Waals surface area contributed by atoms with Gasteiger partial charge in [-0.3, -0.25) is 9.79 Å². The number of nitrogens with zero attached hydrogens (tertiary/aromatic N) is 2. The maximum Gasteiger partial charge on any atom is 0.245 e. The Morgan fingerprint density at radius 2 is 1.52 bits per heavy atom. The van der Waals surface area contributed by atoms with E-state index in [1.807, 2.05) is 102 Å². The Morgan fingerprint density at radius 3 is 2.14 bits per heavy atom. The molecule has 1 fully saturated rings. The molecule has 29 heavy (non-hydrogen) atoms. The van der Waals surface area contributed by atoms with E-state index in [0.29, 0.717) is 6.54 Å². The summed E-state index contributed by atoms with van der Waals surface area (Å²) in [5.41, 5.74) is 2.19. The molecule has 3 aromatic rings. The second-order valence-electron chi connectivity index (χ2n) is 7.00. The van der Waals surface area contributed by atoms with Crippen LogP contribution in [0.5, 0.6) is 0 Å². The van der Waals surface area contributed by atoms with Gasteiger partial charge in [-0.15, -0.1) is 5.92 Å². The summed E-state index contributed by atoms with van der Waals surface area (Å²) in [5.74, 6) is 5.56. The summed E-state index contributed by atoms with van der Waals surface area (Å²) < 4.78 is 0. The third kappa shape index (κ3) is 3.46. The Bertz CT molecular complexity index is 1070. The molecular formula is C26H22N2O. The van der Waals surface area contributed by atoms with E-state index in [9.17, 15) is 4.79 Å². The second kappa shape index (κ2) is 8.16. The van der Waals surface area contributed by atoms with Crippen molar-refractivity contribution in [2.45, 2.75) is 19.1 Å². The van der Waals surface area contributed by atoms with Gasteiger partial charge < -0.3 is 4.90 Å². The number of likely N-dealkylation sites (tertiary alicyclic amines) is 1. The highest BCUT2D eigenvalue weighted by atomic mass is 16.2. The molecule has 2 atom stereocenters. The Hall–Kier alpha value is -3.64. The molecular weight excluding hydrogens is 356 g/mol. The van der Waals surface area contributed by atoms with Gasteiger partial charge in [-0.2, -0.15) is 0 Å². The molecule has 4 rings (SSSR count). The van der Waals surface area contributed by atoms with Gasteiger partial charge in [0.05, 0.1) is 0 Å². The van der Waals surface area contributed by atoms with Crippen LogP contribution >= 0.6 is 0 Å². The molecule has 0 aromatic heterocycles. The van der Waals surface area contributed by atoms with E-state index in [4.69, 9.17) is 4.99 Å². The normalized spacial score (nSPS) is 20.8. The van der Waals surface area contributed by atoms with Crippen molar-refractivity contribution in [1.82, 2.24) is 4.90 Å². The molecule has 3 nitrogen and oxygen atoms in total. The van der Waals surface area contributed by atoms with Gasteiger partial charge >= 0.3 is 0 Å². The fourth-order valence-corrected chi connectivity index (χ4v) is 3.79. The van der Waals surface area contributed by atoms with Crippen molar-refractivity contribution >= 4 is 12.1 Å². The summed E-state index contributed by atoms with van der Waals surface area (Å²) in [6, 6.07) is 29.9. The van der Waals surface area contributed by atoms with Crippen LogP contribution in [0.15, 0.2) is 96.0 Å². The molecule has 0 N–H and O–H groups in total. The molecule has 142 valence electrons. The summed E-state index contributed by atoms with van der Waals surface area (Å²) in [7, 11) is 0. The molecule has 0 unspecified atom stereocenters. The maximum atomic E-state index is 13.1. The van der Waals surface area contributed by atoms with Gasteiger partial charge in [-0.05, 0) is 18.1 Å². The molecule has 1 aliphatic heterocycles. The SMILES string of the molecule is CC#C[C@H]1C(=O)N(Cc2ccccc2)[C@]1(/N=C/c1ccccc1)c1ccccc1. The lowest BCUT2D eigenvalue weighted by atomic mass is 9.75. The molecule has 0 bridgehead atoms. The fraction of sp³-hybridized carbons (Fsp3) is 0.154. The zero-order valence-electron chi connectivity index (χ0n) is 16.3. The summed E-state index contributed by atoms with van der Waals surface area (Å²) >= 11 is 0. The maximum absolute atomic E-state index is 13.1. The summed E-state index contributed by atoms with van der Waals surface area (Å²) in [4.78, 5) is 20.0. The van der Waals surface area contributed by atoms with Crippen molar-refractivity contribution in [2.75, 3.05) is 0 Å². The van der Waals surface area contributed by atoms with Crippen molar-refractivity contribution in [2.24, 2.45) is 10.9 Å². The van der Waals surface area contributed by atoms with Crippen LogP contribution in [0.4, 0.5) is 0 Å². The topological polar surface area (TPSA) is 32.7 Å². The largest absolute Gasteiger partial charge is 0.307 e. The minimum Gasteiger partial charge on any atom is -0.307 e. The standard InChI is InChI=1S/C26H22N2O/c1-2-12-24-25(29)28(20-22-15-8-4-9-16-22)26(24,23-17-10-5-11-18-23)27-19-21-13-6-3-7-14-21/h3-11,13-19,24H,20H2,1H3/b27-19+/t24-,26+/m0/s1. The number of carbonyl (C=O) groups excluding carboxylic acids is 1. The van der Waals surface area contributed by atoms with Gasteiger partial charge in [-0.25, -0.2) is 0 Å². The summed E-state index contributed by atoms with van der Waals surface area (Å²) in [6.07, 6.45) is 1.85. The molecule has 1 aliphatic rings. The second-order valence-corrected chi connectivity index (χ2v) is 7.00. The molecule has 0 aliphatic carbocycles. The van der Waals surface area contributed by atoms with Gasteiger partial charge in [-0.1, -0.05) is 96.9 Å². The van der Waals surface area contributed by atoms with Gasteiger partial charge in [0.25, 0.3) is 0 Å². The predicted molar refractivity (Wildman–Crippen MR) is 116 cm³/mol. The van der Waals surface area contributed by atoms with Crippen LogP contribution in [-0.4, -0.2) is 17.0 Å². The Morgan fingerprint density at radius 1 is 0.931 bits per heavy atom. The number of hydrogen-bond donors (Lipinski definition) is 0. The van der Waals surface area contributed by atoms with E-state index in [0.717, 1.165) is 16.7 Å². The van der Waals surface area contributed by atoms with Gasteiger partial charge in [0.15, 0.2) is 5.66 Å². The molecule has 3 aromatic carbocycles. The zero-order chi connectivity index (χ0) is 20.1. The fourth-order valence-electron chi connectivity index (χ4n) is 3.79. The van der Waals surface area contributed by atoms with Crippen LogP contribution in [0.3, 0.4) is 0 Å². The van der Waals surface area contributed by atoms with E-state index in [-0.39, 0.29) is 5.91 Å². The summed E-state index contributed by atoms with van der Waals surface area (Å²) in [6.45, 7) is 2.26. The van der Waals surface area contributed by atoms with Gasteiger partial charge in [0.1, 0.15) is 5.92 Å². The third-order valence-corrected chi connectivity index (χ3v) is 5.21. The lowest BCUT2D eigenvalue weighted by Crippen LogP contribution is -2.66. The monoisotopic (exact) mass is 378 g/mol. The molecule has 1 amide bonds. The number of aliphatic imine (C=N–C) groups is 1. The highest BCUT2D eigenvalue weighted by Gasteiger charge is 2.60. The molecule has 0 saturated carbocycles. The third-order valence-electron chi connectivity index (χ3n) is 5.21. The molecule has 1 heterocycles. The minimum atomic E-state index is -0.840. The van der Waals surface area contributed by atoms with Gasteiger partial charge in [0, 0.05) is 18.3 Å². The Balaban J connectivity index is 1.83. The smallest absolute Gasteiger partial charge is 0.245 e. The minimum absolute atomic E-state index is 0.0114. The van der Waals surface area contributed by atoms with Crippen molar-refractivity contribution < 1.29 is 4.79 Å². The van der Waals surface area contributed by atoms with E-state index >= 15 is 0 Å². The van der Waals surface area contributed by atoms with Crippen molar-refractivity contribution in [3.8, 4) is 11.8 Å².